The first-order valence-corrected chi connectivity index (χ1v) is 40.8. The monoisotopic (exact) mass is 1610 g/mol. The number of aromatic nitrogens is 18. The highest BCUT2D eigenvalue weighted by Gasteiger charge is 2.22. The summed E-state index contributed by atoms with van der Waals surface area (Å²) in [7, 11) is 3.23. The van der Waals surface area contributed by atoms with E-state index in [9.17, 15) is 28.8 Å². The lowest BCUT2D eigenvalue weighted by atomic mass is 10.0. The Kier molecular flexibility index (Phi) is 24.5. The number of H-pyrrole nitrogens is 6. The second-order valence-electron chi connectivity index (χ2n) is 31.0. The van der Waals surface area contributed by atoms with Crippen LogP contribution in [-0.4, -0.2) is 100 Å². The van der Waals surface area contributed by atoms with E-state index in [4.69, 9.17) is 22.6 Å². The first kappa shape index (κ1) is 83.9. The number of benzene rings is 6. The fourth-order valence-corrected chi connectivity index (χ4v) is 15.3. The molecule has 0 unspecified atom stereocenters. The third-order valence-corrected chi connectivity index (χ3v) is 21.4. The van der Waals surface area contributed by atoms with E-state index >= 15 is 0 Å². The van der Waals surface area contributed by atoms with Crippen molar-refractivity contribution in [1.29, 1.82) is 0 Å². The van der Waals surface area contributed by atoms with Crippen LogP contribution >= 0.6 is 0 Å². The summed E-state index contributed by atoms with van der Waals surface area (Å²) in [4.78, 5) is 129. The van der Waals surface area contributed by atoms with Crippen LogP contribution in [-0.2, 0) is 38.5 Å². The van der Waals surface area contributed by atoms with E-state index in [0.29, 0.717) is 75.4 Å². The van der Waals surface area contributed by atoms with Crippen LogP contribution < -0.4 is 42.8 Å². The van der Waals surface area contributed by atoms with E-state index in [-0.39, 0.29) is 57.0 Å². The molecule has 12 heterocycles. The molecule has 18 aromatic rings. The zero-order chi connectivity index (χ0) is 86.0. The van der Waals surface area contributed by atoms with Gasteiger partial charge in [0.2, 0.25) is 34.7 Å². The Hall–Kier alpha value is -14.0. The molecular formula is C92H100N20O8. The number of aromatic amines is 6. The fraction of sp³-hybridized carbons (Fsp3) is 0.326. The molecule has 0 amide bonds. The molecule has 0 radical (unpaired) electrons. The van der Waals surface area contributed by atoms with Gasteiger partial charge in [-0.25, -0.2) is 66.0 Å². The van der Waals surface area contributed by atoms with Crippen LogP contribution in [0, 0.1) is 27.0 Å². The Balaban J connectivity index is 0.000000125. The third kappa shape index (κ3) is 16.1. The molecule has 0 saturated heterocycles. The molecule has 0 fully saturated rings. The molecule has 12 aromatic heterocycles. The predicted octanol–water partition coefficient (Wildman–Crippen LogP) is 17.4. The molecular weight excluding hydrogens is 1510 g/mol. The van der Waals surface area contributed by atoms with Gasteiger partial charge < -0.3 is 39.4 Å². The van der Waals surface area contributed by atoms with Gasteiger partial charge >= 0.3 is 0 Å². The van der Waals surface area contributed by atoms with Crippen molar-refractivity contribution in [3.8, 4) is 11.5 Å². The predicted molar refractivity (Wildman–Crippen MR) is 477 cm³/mol. The van der Waals surface area contributed by atoms with Crippen molar-refractivity contribution < 1.29 is 9.47 Å². The summed E-state index contributed by atoms with van der Waals surface area (Å²) in [6.45, 7) is 46.8. The van der Waals surface area contributed by atoms with Crippen molar-refractivity contribution in [2.45, 2.75) is 186 Å². The highest BCUT2D eigenvalue weighted by molar-refractivity contribution is 5.86. The first-order chi connectivity index (χ1) is 57.6. The Morgan fingerprint density at radius 3 is 1.13 bits per heavy atom. The number of imidazole rings is 6. The topological polar surface area (TPSA) is 328 Å². The van der Waals surface area contributed by atoms with E-state index in [1.807, 2.05) is 142 Å². The number of aryl methyl sites for hydroxylation is 4. The van der Waals surface area contributed by atoms with Crippen LogP contribution in [0.1, 0.15) is 201 Å². The Morgan fingerprint density at radius 1 is 0.342 bits per heavy atom. The van der Waals surface area contributed by atoms with Crippen molar-refractivity contribution in [3.63, 3.8) is 0 Å². The first-order valence-electron chi connectivity index (χ1n) is 40.8. The van der Waals surface area contributed by atoms with Gasteiger partial charge in [0.1, 0.15) is 11.5 Å². The normalized spacial score (nSPS) is 11.5. The molecule has 0 spiro atoms. The van der Waals surface area contributed by atoms with Crippen LogP contribution in [0.4, 0.5) is 11.4 Å². The molecule has 18 rings (SSSR count). The van der Waals surface area contributed by atoms with Gasteiger partial charge in [0, 0.05) is 80.7 Å². The minimum Gasteiger partial charge on any atom is -0.497 e. The second-order valence-corrected chi connectivity index (χ2v) is 31.0. The van der Waals surface area contributed by atoms with Crippen molar-refractivity contribution in [2.75, 3.05) is 14.2 Å². The fourth-order valence-electron chi connectivity index (χ4n) is 15.3. The number of methoxy groups -OCH3 is 2. The van der Waals surface area contributed by atoms with Gasteiger partial charge in [-0.05, 0) is 160 Å². The minimum absolute atomic E-state index is 0.00528. The van der Waals surface area contributed by atoms with Crippen LogP contribution in [0.2, 0.25) is 0 Å². The zero-order valence-electron chi connectivity index (χ0n) is 71.0. The minimum atomic E-state index is -0.123. The molecule has 6 aromatic carbocycles. The van der Waals surface area contributed by atoms with Crippen molar-refractivity contribution >= 4 is 112 Å². The Morgan fingerprint density at radius 2 is 0.675 bits per heavy atom. The van der Waals surface area contributed by atoms with Crippen LogP contribution in [0.15, 0.2) is 150 Å². The van der Waals surface area contributed by atoms with Gasteiger partial charge in [0.25, 0.3) is 33.4 Å². The van der Waals surface area contributed by atoms with Crippen molar-refractivity contribution in [2.24, 2.45) is 0 Å². The number of rotatable bonds is 14. The molecule has 6 N–H and O–H groups in total. The highest BCUT2D eigenvalue weighted by Crippen LogP contribution is 2.29. The zero-order valence-corrected chi connectivity index (χ0v) is 71.0. The van der Waals surface area contributed by atoms with Gasteiger partial charge in [0.15, 0.2) is 11.4 Å². The Labute approximate surface area is 689 Å². The second kappa shape index (κ2) is 35.0. The summed E-state index contributed by atoms with van der Waals surface area (Å²) < 4.78 is 20.2. The molecule has 0 atom stereocenters. The van der Waals surface area contributed by atoms with Gasteiger partial charge in [0.05, 0.1) is 93.6 Å². The van der Waals surface area contributed by atoms with E-state index in [1.54, 1.807) is 80.4 Å². The largest absolute Gasteiger partial charge is 0.497 e. The average Bonchev–Trinajstić information content (AvgIpc) is 1.61. The molecule has 0 aliphatic carbocycles. The van der Waals surface area contributed by atoms with Crippen LogP contribution in [0.3, 0.4) is 0 Å². The summed E-state index contributed by atoms with van der Waals surface area (Å²) in [6, 6.07) is 36.6. The summed E-state index contributed by atoms with van der Waals surface area (Å²) >= 11 is 0. The van der Waals surface area contributed by atoms with E-state index in [0.717, 1.165) is 167 Å². The van der Waals surface area contributed by atoms with E-state index < -0.39 is 0 Å². The SMILES string of the molecule is CCCc1[nH]c2nc3cc(C)ccc3n2c(=O)c1CC.CCCc1[nH]c2nc3ccc(C)cc3n2c(=O)c1CC.CCc1c(C(C)C)[nH]c2nc3cc(OC)ccc3n2c1=O.CCc1c(C(C)C)[nH]c2nc3ccc(OC)cc3n2c1=O.[C-]#[N+]c1ccc2c(c1)nc1[nH]c(C(C)C)cc(=O)n12.[C-]#[N+]c1ccc2nc3[nH]c(C(C)C)cc(=O)n3c2c1. The maximum Gasteiger partial charge on any atom is 0.262 e. The maximum atomic E-state index is 12.8. The molecule has 28 nitrogen and oxygen atoms in total. The maximum absolute atomic E-state index is 12.8. The molecule has 0 aliphatic heterocycles. The molecule has 0 saturated carbocycles. The standard InChI is InChI=1S/2C16H19N3O2.2C16H19N3O.2C14H12N4O/c1-5-11-14(9(2)3)18-16-17-12-8-10(21-4)6-7-13(12)19(16)15(11)20;1-5-11-14(9(2)3)18-16-17-12-7-6-10(21-4)8-13(12)19(16)15(11)20;1-4-6-12-11(5-2)15(20)19-14-8-7-10(3)9-13(14)18-16(19)17-12;1-4-6-12-11(5-2)15(20)19-14-9-10(3)7-8-13(14)18-16(19)17-12;1-8(2)10-7-13(19)18-12-5-4-9(15-3)6-11(12)17-14(18)16-10;1-8(2)11-7-13(19)18-12-6-9(15-3)4-5-10(12)16-14(18)17-11/h2*6-9H,5H2,1-4H3,(H,17,18);2*7-9H,4-6H2,1-3H3,(H,17,18);2*4-8H,1-2H3,(H,16,17). The summed E-state index contributed by atoms with van der Waals surface area (Å²) in [5, 5.41) is 0. The number of hydrogen-bond acceptors (Lipinski definition) is 14. The number of nitrogens with zero attached hydrogens (tertiary/aromatic N) is 14. The number of hydrogen-bond donors (Lipinski definition) is 6. The summed E-state index contributed by atoms with van der Waals surface area (Å²) in [6.07, 6.45) is 6.68. The van der Waals surface area contributed by atoms with Gasteiger partial charge in [-0.2, -0.15) is 0 Å². The van der Waals surface area contributed by atoms with E-state index in [2.05, 4.69) is 111 Å². The quantitative estimate of drug-likeness (QED) is 0.0552. The lowest BCUT2D eigenvalue weighted by Gasteiger charge is -2.11. The number of ether oxygens (including phenoxy) is 2. The average molecular weight is 1610 g/mol. The molecule has 616 valence electrons. The van der Waals surface area contributed by atoms with Crippen molar-refractivity contribution in [1.82, 2.24) is 86.2 Å². The number of fused-ring (bicyclic) bond motifs is 18. The van der Waals surface area contributed by atoms with Gasteiger partial charge in [-0.1, -0.05) is 134 Å². The van der Waals surface area contributed by atoms with Crippen LogP contribution in [0.5, 0.6) is 11.5 Å². The molecule has 0 aliphatic rings. The summed E-state index contributed by atoms with van der Waals surface area (Å²) in [5.41, 5.74) is 21.7. The number of nitrogens with one attached hydrogen (secondary N) is 6. The lowest BCUT2D eigenvalue weighted by Crippen LogP contribution is -2.22. The third-order valence-electron chi connectivity index (χ3n) is 21.4. The smallest absolute Gasteiger partial charge is 0.262 e. The molecule has 0 bridgehead atoms. The molecule has 120 heavy (non-hydrogen) atoms. The van der Waals surface area contributed by atoms with Crippen molar-refractivity contribution in [3.05, 3.63) is 274 Å². The van der Waals surface area contributed by atoms with E-state index in [1.165, 1.54) is 8.80 Å². The molecule has 28 heteroatoms. The Bertz CT molecular complexity index is 7430. The van der Waals surface area contributed by atoms with Gasteiger partial charge in [-0.3, -0.25) is 28.8 Å². The van der Waals surface area contributed by atoms with Crippen LogP contribution in [0.25, 0.3) is 111 Å². The highest BCUT2D eigenvalue weighted by atomic mass is 16.5. The lowest BCUT2D eigenvalue weighted by molar-refractivity contribution is 0.415. The summed E-state index contributed by atoms with van der Waals surface area (Å²) in [5.74, 6) is 5.95. The van der Waals surface area contributed by atoms with Gasteiger partial charge in [-0.15, -0.1) is 0 Å².